The second kappa shape index (κ2) is 7.61. The van der Waals surface area contributed by atoms with E-state index in [9.17, 15) is 13.2 Å². The normalized spacial score (nSPS) is 17.0. The molecule has 1 unspecified atom stereocenters. The largest absolute Gasteiger partial charge is 0.379 e. The number of carbonyl (C=O) groups is 1. The molecule has 2 heterocycles. The van der Waals surface area contributed by atoms with E-state index >= 15 is 0 Å². The minimum atomic E-state index is -3.62. The highest BCUT2D eigenvalue weighted by Crippen LogP contribution is 2.20. The predicted octanol–water partition coefficient (Wildman–Crippen LogP) is 1.84. The highest BCUT2D eigenvalue weighted by atomic mass is 32.2. The number of benzene rings is 1. The first-order valence-electron chi connectivity index (χ1n) is 8.52. The van der Waals surface area contributed by atoms with Crippen LogP contribution in [0.4, 0.5) is 0 Å². The number of ether oxygens (including phenoxy) is 1. The van der Waals surface area contributed by atoms with Gasteiger partial charge in [0, 0.05) is 19.3 Å². The number of rotatable bonds is 5. The molecule has 7 nitrogen and oxygen atoms in total. The lowest BCUT2D eigenvalue weighted by molar-refractivity contribution is 0.0730. The summed E-state index contributed by atoms with van der Waals surface area (Å²) in [7, 11) is -3.62. The molecule has 1 aliphatic rings. The van der Waals surface area contributed by atoms with Crippen molar-refractivity contribution >= 4 is 15.9 Å². The molecule has 1 aromatic carbocycles. The molecule has 1 aliphatic heterocycles. The number of amides is 1. The Bertz CT molecular complexity index is 885. The summed E-state index contributed by atoms with van der Waals surface area (Å²) in [6.45, 7) is 5.28. The van der Waals surface area contributed by atoms with Crippen molar-refractivity contribution in [3.8, 4) is 0 Å². The average Bonchev–Trinajstić information content (AvgIpc) is 3.14. The van der Waals surface area contributed by atoms with Crippen LogP contribution in [-0.2, 0) is 14.8 Å². The van der Waals surface area contributed by atoms with Gasteiger partial charge >= 0.3 is 0 Å². The van der Waals surface area contributed by atoms with Crippen LogP contribution in [0.15, 0.2) is 41.4 Å². The zero-order valence-electron chi connectivity index (χ0n) is 14.9. The lowest BCUT2D eigenvalue weighted by atomic mass is 10.0. The molecule has 1 atom stereocenters. The van der Waals surface area contributed by atoms with Gasteiger partial charge < -0.3 is 15.0 Å². The van der Waals surface area contributed by atoms with Crippen LogP contribution < -0.4 is 5.32 Å². The highest BCUT2D eigenvalue weighted by molar-refractivity contribution is 7.89. The average molecular weight is 377 g/mol. The standard InChI is InChI=1S/C18H23N3O4S/c1-13-5-3-4-6-16(13)14(2)20-18(22)17-11-15(12-19-17)26(23,24)21-7-9-25-10-8-21/h3-6,11-12,14,19H,7-10H2,1-2H3,(H,20,22). The summed E-state index contributed by atoms with van der Waals surface area (Å²) in [6.07, 6.45) is 1.36. The lowest BCUT2D eigenvalue weighted by Gasteiger charge is -2.25. The first kappa shape index (κ1) is 18.6. The summed E-state index contributed by atoms with van der Waals surface area (Å²) in [4.78, 5) is 15.3. The molecule has 1 aromatic heterocycles. The minimum Gasteiger partial charge on any atom is -0.379 e. The van der Waals surface area contributed by atoms with Crippen LogP contribution in [0.5, 0.6) is 0 Å². The smallest absolute Gasteiger partial charge is 0.268 e. The van der Waals surface area contributed by atoms with Gasteiger partial charge in [-0.3, -0.25) is 4.79 Å². The van der Waals surface area contributed by atoms with Gasteiger partial charge in [-0.1, -0.05) is 24.3 Å². The molecule has 1 fully saturated rings. The Morgan fingerprint density at radius 1 is 1.27 bits per heavy atom. The maximum absolute atomic E-state index is 12.6. The number of hydrogen-bond acceptors (Lipinski definition) is 4. The van der Waals surface area contributed by atoms with E-state index in [-0.39, 0.29) is 22.5 Å². The number of nitrogens with zero attached hydrogens (tertiary/aromatic N) is 1. The molecule has 0 spiro atoms. The molecule has 0 aliphatic carbocycles. The molecule has 0 radical (unpaired) electrons. The lowest BCUT2D eigenvalue weighted by Crippen LogP contribution is -2.40. The van der Waals surface area contributed by atoms with Gasteiger partial charge in [0.05, 0.1) is 19.3 Å². The number of H-pyrrole nitrogens is 1. The van der Waals surface area contributed by atoms with Crippen LogP contribution in [0.25, 0.3) is 0 Å². The summed E-state index contributed by atoms with van der Waals surface area (Å²) >= 11 is 0. The first-order chi connectivity index (χ1) is 12.4. The summed E-state index contributed by atoms with van der Waals surface area (Å²) in [5.74, 6) is -0.343. The zero-order valence-corrected chi connectivity index (χ0v) is 15.7. The van der Waals surface area contributed by atoms with Crippen LogP contribution in [0.2, 0.25) is 0 Å². The van der Waals surface area contributed by atoms with E-state index in [2.05, 4.69) is 10.3 Å². The number of carbonyl (C=O) groups excluding carboxylic acids is 1. The number of morpholine rings is 1. The maximum Gasteiger partial charge on any atom is 0.268 e. The van der Waals surface area contributed by atoms with Crippen LogP contribution >= 0.6 is 0 Å². The zero-order chi connectivity index (χ0) is 18.7. The molecule has 0 saturated carbocycles. The van der Waals surface area contributed by atoms with Crippen LogP contribution in [0.1, 0.15) is 34.6 Å². The van der Waals surface area contributed by atoms with Crippen LogP contribution in [-0.4, -0.2) is 49.9 Å². The Kier molecular flexibility index (Phi) is 5.45. The molecular formula is C18H23N3O4S. The third-order valence-electron chi connectivity index (χ3n) is 4.51. The number of hydrogen-bond donors (Lipinski definition) is 2. The quantitative estimate of drug-likeness (QED) is 0.832. The Morgan fingerprint density at radius 2 is 1.96 bits per heavy atom. The van der Waals surface area contributed by atoms with E-state index in [1.165, 1.54) is 16.6 Å². The monoisotopic (exact) mass is 377 g/mol. The van der Waals surface area contributed by atoms with Crippen LogP contribution in [0, 0.1) is 6.92 Å². The van der Waals surface area contributed by atoms with Crippen molar-refractivity contribution in [2.75, 3.05) is 26.3 Å². The fraction of sp³-hybridized carbons (Fsp3) is 0.389. The maximum atomic E-state index is 12.6. The Labute approximate surface area is 153 Å². The van der Waals surface area contributed by atoms with Gasteiger partial charge in [0.2, 0.25) is 10.0 Å². The highest BCUT2D eigenvalue weighted by Gasteiger charge is 2.28. The first-order valence-corrected chi connectivity index (χ1v) is 9.96. The van der Waals surface area contributed by atoms with Gasteiger partial charge in [-0.2, -0.15) is 4.31 Å². The van der Waals surface area contributed by atoms with Crippen molar-refractivity contribution in [3.05, 3.63) is 53.3 Å². The molecule has 3 rings (SSSR count). The van der Waals surface area contributed by atoms with Crippen molar-refractivity contribution < 1.29 is 17.9 Å². The van der Waals surface area contributed by atoms with Crippen molar-refractivity contribution in [2.24, 2.45) is 0 Å². The predicted molar refractivity (Wildman–Crippen MR) is 97.4 cm³/mol. The van der Waals surface area contributed by atoms with Gasteiger partial charge in [-0.05, 0) is 31.0 Å². The van der Waals surface area contributed by atoms with Crippen molar-refractivity contribution in [2.45, 2.75) is 24.8 Å². The Morgan fingerprint density at radius 3 is 2.65 bits per heavy atom. The summed E-state index contributed by atoms with van der Waals surface area (Å²) in [5, 5.41) is 2.90. The molecule has 2 N–H and O–H groups in total. The van der Waals surface area contributed by atoms with Gasteiger partial charge in [0.15, 0.2) is 0 Å². The summed E-state index contributed by atoms with van der Waals surface area (Å²) in [5.41, 5.74) is 2.33. The molecule has 140 valence electrons. The number of aryl methyl sites for hydroxylation is 1. The van der Waals surface area contributed by atoms with E-state index in [1.807, 2.05) is 38.1 Å². The molecular weight excluding hydrogens is 354 g/mol. The van der Waals surface area contributed by atoms with Gasteiger partial charge in [0.1, 0.15) is 10.6 Å². The SMILES string of the molecule is Cc1ccccc1C(C)NC(=O)c1cc(S(=O)(=O)N2CCOCC2)c[nH]1. The van der Waals surface area contributed by atoms with Crippen molar-refractivity contribution in [1.29, 1.82) is 0 Å². The van der Waals surface area contributed by atoms with Gasteiger partial charge in [-0.15, -0.1) is 0 Å². The second-order valence-electron chi connectivity index (χ2n) is 6.32. The van der Waals surface area contributed by atoms with Crippen molar-refractivity contribution in [3.63, 3.8) is 0 Å². The van der Waals surface area contributed by atoms with E-state index in [1.54, 1.807) is 0 Å². The molecule has 2 aromatic rings. The molecule has 0 bridgehead atoms. The van der Waals surface area contributed by atoms with E-state index in [4.69, 9.17) is 4.74 Å². The van der Waals surface area contributed by atoms with Gasteiger partial charge in [-0.25, -0.2) is 8.42 Å². The fourth-order valence-electron chi connectivity index (χ4n) is 3.02. The molecule has 1 saturated heterocycles. The van der Waals surface area contributed by atoms with E-state index in [0.29, 0.717) is 26.3 Å². The van der Waals surface area contributed by atoms with E-state index < -0.39 is 10.0 Å². The Hall–Kier alpha value is -2.16. The molecule has 1 amide bonds. The number of nitrogens with one attached hydrogen (secondary N) is 2. The summed E-state index contributed by atoms with van der Waals surface area (Å²) < 4.78 is 31.8. The van der Waals surface area contributed by atoms with Crippen LogP contribution in [0.3, 0.4) is 0 Å². The third-order valence-corrected chi connectivity index (χ3v) is 6.39. The van der Waals surface area contributed by atoms with Crippen molar-refractivity contribution in [1.82, 2.24) is 14.6 Å². The number of aromatic nitrogens is 1. The van der Waals surface area contributed by atoms with Gasteiger partial charge in [0.25, 0.3) is 5.91 Å². The fourth-order valence-corrected chi connectivity index (χ4v) is 4.42. The minimum absolute atomic E-state index is 0.0908. The number of aromatic amines is 1. The number of sulfonamides is 1. The second-order valence-corrected chi connectivity index (χ2v) is 8.26. The van der Waals surface area contributed by atoms with E-state index in [0.717, 1.165) is 11.1 Å². The Balaban J connectivity index is 1.73. The third kappa shape index (κ3) is 3.82. The molecule has 8 heteroatoms. The molecule has 26 heavy (non-hydrogen) atoms. The topological polar surface area (TPSA) is 91.5 Å². The summed E-state index contributed by atoms with van der Waals surface area (Å²) in [6, 6.07) is 9.01.